The van der Waals surface area contributed by atoms with Gasteiger partial charge < -0.3 is 19.8 Å². The van der Waals surface area contributed by atoms with Crippen LogP contribution < -0.4 is 10.2 Å². The Morgan fingerprint density at radius 2 is 1.93 bits per heavy atom. The number of carboxylic acids is 2. The van der Waals surface area contributed by atoms with Gasteiger partial charge in [0.05, 0.1) is 11.9 Å². The van der Waals surface area contributed by atoms with Gasteiger partial charge >= 0.3 is 0 Å². The summed E-state index contributed by atoms with van der Waals surface area (Å²) in [5.74, 6) is -1.99. The molecule has 0 saturated carbocycles. The van der Waals surface area contributed by atoms with E-state index in [1.54, 1.807) is 11.8 Å². The standard InChI is InChI=1S/C9H14O4S/c1-14-5-3-2-4-7(9(12)13)6-8(10)11/h6H,2-5H2,1H3,(H,10,11)(H,12,13)/p-2/b7-6-. The van der Waals surface area contributed by atoms with E-state index in [1.807, 2.05) is 6.26 Å². The van der Waals surface area contributed by atoms with Crippen LogP contribution >= 0.6 is 11.8 Å². The molecular weight excluding hydrogens is 204 g/mol. The highest BCUT2D eigenvalue weighted by molar-refractivity contribution is 7.98. The number of hydrogen-bond donors (Lipinski definition) is 0. The van der Waals surface area contributed by atoms with Crippen LogP contribution in [0.5, 0.6) is 0 Å². The Morgan fingerprint density at radius 1 is 1.29 bits per heavy atom. The van der Waals surface area contributed by atoms with Crippen LogP contribution in [0.3, 0.4) is 0 Å². The van der Waals surface area contributed by atoms with E-state index in [4.69, 9.17) is 0 Å². The molecule has 0 bridgehead atoms. The van der Waals surface area contributed by atoms with Crippen molar-refractivity contribution < 1.29 is 19.8 Å². The van der Waals surface area contributed by atoms with Crippen LogP contribution in [0.25, 0.3) is 0 Å². The first-order valence-corrected chi connectivity index (χ1v) is 5.59. The van der Waals surface area contributed by atoms with E-state index >= 15 is 0 Å². The van der Waals surface area contributed by atoms with E-state index in [0.717, 1.165) is 12.2 Å². The van der Waals surface area contributed by atoms with Crippen molar-refractivity contribution in [3.63, 3.8) is 0 Å². The SMILES string of the molecule is CSCCCC/C(=C/C(=O)[O-])C(=O)[O-]. The number of hydrogen-bond acceptors (Lipinski definition) is 5. The molecule has 5 heteroatoms. The molecule has 0 N–H and O–H groups in total. The fourth-order valence-corrected chi connectivity index (χ4v) is 1.43. The molecule has 4 nitrogen and oxygen atoms in total. The minimum absolute atomic E-state index is 0.203. The van der Waals surface area contributed by atoms with Crippen molar-refractivity contribution in [1.82, 2.24) is 0 Å². The van der Waals surface area contributed by atoms with Crippen molar-refractivity contribution in [3.8, 4) is 0 Å². The number of carboxylic acid groups (broad SMARTS) is 2. The maximum absolute atomic E-state index is 10.4. The number of aliphatic carboxylic acids is 2. The lowest BCUT2D eigenvalue weighted by Gasteiger charge is -2.08. The van der Waals surface area contributed by atoms with Crippen LogP contribution in [0.15, 0.2) is 11.6 Å². The van der Waals surface area contributed by atoms with E-state index in [-0.39, 0.29) is 12.0 Å². The quantitative estimate of drug-likeness (QED) is 0.400. The summed E-state index contributed by atoms with van der Waals surface area (Å²) in [4.78, 5) is 20.5. The number of unbranched alkanes of at least 4 members (excludes halogenated alkanes) is 1. The Labute approximate surface area is 87.0 Å². The lowest BCUT2D eigenvalue weighted by atomic mass is 10.1. The Bertz CT molecular complexity index is 235. The van der Waals surface area contributed by atoms with E-state index in [1.165, 1.54) is 0 Å². The van der Waals surface area contributed by atoms with Crippen molar-refractivity contribution >= 4 is 23.7 Å². The highest BCUT2D eigenvalue weighted by Gasteiger charge is 1.98. The van der Waals surface area contributed by atoms with Crippen LogP contribution in [0, 0.1) is 0 Å². The smallest absolute Gasteiger partial charge is 0.0675 e. The van der Waals surface area contributed by atoms with Gasteiger partial charge in [-0.05, 0) is 42.9 Å². The third-order valence-corrected chi connectivity index (χ3v) is 2.30. The number of thioether (sulfide) groups is 1. The highest BCUT2D eigenvalue weighted by Crippen LogP contribution is 2.08. The van der Waals surface area contributed by atoms with Crippen molar-refractivity contribution in [2.24, 2.45) is 0 Å². The fourth-order valence-electron chi connectivity index (χ4n) is 0.937. The first kappa shape index (κ1) is 13.0. The second-order valence-electron chi connectivity index (χ2n) is 2.73. The van der Waals surface area contributed by atoms with Gasteiger partial charge in [-0.15, -0.1) is 0 Å². The molecule has 14 heavy (non-hydrogen) atoms. The topological polar surface area (TPSA) is 80.3 Å². The number of carbonyl (C=O) groups is 2. The minimum Gasteiger partial charge on any atom is -0.545 e. The van der Waals surface area contributed by atoms with Gasteiger partial charge in [0.25, 0.3) is 0 Å². The molecule has 0 aromatic rings. The molecule has 0 aliphatic carbocycles. The molecule has 0 aromatic carbocycles. The zero-order chi connectivity index (χ0) is 11.0. The summed E-state index contributed by atoms with van der Waals surface area (Å²) in [6, 6.07) is 0. The molecule has 0 saturated heterocycles. The average molecular weight is 216 g/mol. The van der Waals surface area contributed by atoms with Crippen molar-refractivity contribution in [2.75, 3.05) is 12.0 Å². The molecule has 0 heterocycles. The molecule has 0 rings (SSSR count). The molecule has 0 atom stereocenters. The van der Waals surface area contributed by atoms with E-state index < -0.39 is 11.9 Å². The number of rotatable bonds is 7. The van der Waals surface area contributed by atoms with Crippen molar-refractivity contribution in [3.05, 3.63) is 11.6 Å². The summed E-state index contributed by atoms with van der Waals surface area (Å²) in [5.41, 5.74) is -0.203. The first-order chi connectivity index (χ1) is 6.57. The number of carbonyl (C=O) groups excluding carboxylic acids is 2. The maximum atomic E-state index is 10.4. The molecule has 0 fully saturated rings. The Balaban J connectivity index is 3.99. The summed E-state index contributed by atoms with van der Waals surface area (Å²) in [6.07, 6.45) is 4.27. The first-order valence-electron chi connectivity index (χ1n) is 4.19. The molecule has 0 radical (unpaired) electrons. The second kappa shape index (κ2) is 7.44. The minimum atomic E-state index is -1.49. The molecule has 0 amide bonds. The van der Waals surface area contributed by atoms with Crippen LogP contribution in [-0.4, -0.2) is 23.9 Å². The predicted octanol–water partition coefficient (Wildman–Crippen LogP) is -1.05. The molecule has 0 aliphatic heterocycles. The molecule has 0 aromatic heterocycles. The third kappa shape index (κ3) is 6.54. The van der Waals surface area contributed by atoms with Crippen LogP contribution in [-0.2, 0) is 9.59 Å². The van der Waals surface area contributed by atoms with Crippen LogP contribution in [0.4, 0.5) is 0 Å². The largest absolute Gasteiger partial charge is 0.545 e. The fraction of sp³-hybridized carbons (Fsp3) is 0.556. The second-order valence-corrected chi connectivity index (χ2v) is 3.71. The van der Waals surface area contributed by atoms with Gasteiger partial charge in [-0.3, -0.25) is 0 Å². The van der Waals surface area contributed by atoms with Crippen molar-refractivity contribution in [2.45, 2.75) is 19.3 Å². The van der Waals surface area contributed by atoms with E-state index in [0.29, 0.717) is 12.5 Å². The Kier molecular flexibility index (Phi) is 6.92. The zero-order valence-electron chi connectivity index (χ0n) is 7.95. The highest BCUT2D eigenvalue weighted by atomic mass is 32.2. The lowest BCUT2D eigenvalue weighted by Crippen LogP contribution is -2.27. The van der Waals surface area contributed by atoms with Gasteiger partial charge in [-0.25, -0.2) is 0 Å². The predicted molar refractivity (Wildman–Crippen MR) is 50.3 cm³/mol. The summed E-state index contributed by atoms with van der Waals surface area (Å²) < 4.78 is 0. The normalized spacial score (nSPS) is 11.4. The van der Waals surface area contributed by atoms with Crippen LogP contribution in [0.2, 0.25) is 0 Å². The molecular formula is C9H12O4S-2. The molecule has 0 aliphatic rings. The zero-order valence-corrected chi connectivity index (χ0v) is 8.76. The van der Waals surface area contributed by atoms with Crippen LogP contribution in [0.1, 0.15) is 19.3 Å². The molecule has 0 unspecified atom stereocenters. The van der Waals surface area contributed by atoms with E-state index in [2.05, 4.69) is 0 Å². The maximum Gasteiger partial charge on any atom is 0.0675 e. The Hall–Kier alpha value is -0.970. The Morgan fingerprint density at radius 3 is 2.36 bits per heavy atom. The third-order valence-electron chi connectivity index (χ3n) is 1.60. The average Bonchev–Trinajstić information content (AvgIpc) is 2.09. The summed E-state index contributed by atoms with van der Waals surface area (Å²) >= 11 is 1.66. The summed E-state index contributed by atoms with van der Waals surface area (Å²) in [7, 11) is 0. The van der Waals surface area contributed by atoms with Gasteiger partial charge in [0.15, 0.2) is 0 Å². The van der Waals surface area contributed by atoms with E-state index in [9.17, 15) is 19.8 Å². The molecule has 80 valence electrons. The van der Waals surface area contributed by atoms with Crippen molar-refractivity contribution in [1.29, 1.82) is 0 Å². The molecule has 0 spiro atoms. The van der Waals surface area contributed by atoms with Gasteiger partial charge in [-0.2, -0.15) is 11.8 Å². The van der Waals surface area contributed by atoms with Gasteiger partial charge in [0.1, 0.15) is 0 Å². The van der Waals surface area contributed by atoms with Gasteiger partial charge in [-0.1, -0.05) is 0 Å². The summed E-state index contributed by atoms with van der Waals surface area (Å²) in [5, 5.41) is 20.5. The summed E-state index contributed by atoms with van der Waals surface area (Å²) in [6.45, 7) is 0. The lowest BCUT2D eigenvalue weighted by molar-refractivity contribution is -0.303. The monoisotopic (exact) mass is 216 g/mol. The van der Waals surface area contributed by atoms with Gasteiger partial charge in [0, 0.05) is 0 Å². The van der Waals surface area contributed by atoms with Gasteiger partial charge in [0.2, 0.25) is 0 Å².